The molecular weight excluding hydrogens is 386 g/mol. The molecule has 0 saturated carbocycles. The average Bonchev–Trinajstić information content (AvgIpc) is 3.24. The lowest BCUT2D eigenvalue weighted by Gasteiger charge is -2.07. The van der Waals surface area contributed by atoms with Crippen LogP contribution in [0.25, 0.3) is 11.5 Å². The highest BCUT2D eigenvalue weighted by Crippen LogP contribution is 2.19. The quantitative estimate of drug-likeness (QED) is 0.397. The number of carbonyl (C=O) groups excluding carboxylic acids is 2. The van der Waals surface area contributed by atoms with E-state index in [0.29, 0.717) is 17.9 Å². The Morgan fingerprint density at radius 2 is 1.77 bits per heavy atom. The minimum atomic E-state index is -0.613. The van der Waals surface area contributed by atoms with E-state index in [4.69, 9.17) is 13.9 Å². The summed E-state index contributed by atoms with van der Waals surface area (Å²) in [6.45, 7) is 2.29. The summed E-state index contributed by atoms with van der Waals surface area (Å²) in [6.07, 6.45) is 3.23. The first-order valence-electron chi connectivity index (χ1n) is 9.74. The van der Waals surface area contributed by atoms with Crippen molar-refractivity contribution in [1.82, 2.24) is 10.2 Å². The minimum Gasteiger partial charge on any atom is -0.494 e. The highest BCUT2D eigenvalue weighted by Gasteiger charge is 2.14. The second-order valence-corrected chi connectivity index (χ2v) is 6.48. The molecule has 2 aromatic carbocycles. The molecule has 0 aliphatic carbocycles. The number of benzene rings is 2. The second-order valence-electron chi connectivity index (χ2n) is 6.48. The third-order valence-electron chi connectivity index (χ3n) is 4.13. The van der Waals surface area contributed by atoms with Gasteiger partial charge in [0.05, 0.1) is 12.2 Å². The molecule has 1 aromatic heterocycles. The van der Waals surface area contributed by atoms with Gasteiger partial charge in [-0.3, -0.25) is 10.1 Å². The normalized spacial score (nSPS) is 10.4. The highest BCUT2D eigenvalue weighted by atomic mass is 16.5. The first-order chi connectivity index (χ1) is 14.7. The molecule has 1 N–H and O–H groups in total. The van der Waals surface area contributed by atoms with Crippen LogP contribution in [-0.4, -0.2) is 35.3 Å². The van der Waals surface area contributed by atoms with Gasteiger partial charge in [-0.2, -0.15) is 0 Å². The Balaban J connectivity index is 1.44. The second kappa shape index (κ2) is 10.8. The van der Waals surface area contributed by atoms with E-state index < -0.39 is 18.5 Å². The molecule has 0 radical (unpaired) electrons. The zero-order valence-electron chi connectivity index (χ0n) is 16.7. The smallest absolute Gasteiger partial charge is 0.338 e. The summed E-state index contributed by atoms with van der Waals surface area (Å²) < 4.78 is 16.0. The zero-order chi connectivity index (χ0) is 21.2. The molecule has 30 heavy (non-hydrogen) atoms. The van der Waals surface area contributed by atoms with Gasteiger partial charge >= 0.3 is 12.0 Å². The van der Waals surface area contributed by atoms with Crippen LogP contribution in [0, 0.1) is 0 Å². The van der Waals surface area contributed by atoms with Gasteiger partial charge in [0.25, 0.3) is 5.91 Å². The van der Waals surface area contributed by atoms with Crippen LogP contribution >= 0.6 is 0 Å². The van der Waals surface area contributed by atoms with E-state index in [1.54, 1.807) is 24.3 Å². The molecule has 0 unspecified atom stereocenters. The fraction of sp³-hybridized carbons (Fsp3) is 0.273. The lowest BCUT2D eigenvalue weighted by molar-refractivity contribution is -0.119. The summed E-state index contributed by atoms with van der Waals surface area (Å²) in [5, 5.41) is 10.0. The van der Waals surface area contributed by atoms with Gasteiger partial charge in [0.1, 0.15) is 5.75 Å². The molecule has 1 amide bonds. The molecule has 0 aliphatic heterocycles. The number of carbonyl (C=O) groups is 2. The molecule has 0 saturated heterocycles. The number of anilines is 1. The van der Waals surface area contributed by atoms with Crippen LogP contribution in [0.5, 0.6) is 5.75 Å². The van der Waals surface area contributed by atoms with Gasteiger partial charge in [-0.1, -0.05) is 43.1 Å². The van der Waals surface area contributed by atoms with Gasteiger partial charge in [-0.05, 0) is 42.8 Å². The van der Waals surface area contributed by atoms with Crippen molar-refractivity contribution < 1.29 is 23.5 Å². The van der Waals surface area contributed by atoms with Crippen LogP contribution in [0.3, 0.4) is 0 Å². The molecule has 0 atom stereocenters. The summed E-state index contributed by atoms with van der Waals surface area (Å²) >= 11 is 0. The van der Waals surface area contributed by atoms with E-state index in [-0.39, 0.29) is 11.9 Å². The number of hydrogen-bond donors (Lipinski definition) is 1. The van der Waals surface area contributed by atoms with E-state index in [0.717, 1.165) is 24.8 Å². The average molecular weight is 409 g/mol. The first kappa shape index (κ1) is 21.0. The third-order valence-corrected chi connectivity index (χ3v) is 4.13. The SMILES string of the molecule is CCCCCOc1ccc(C(=O)OCC(=O)Nc2nnc(-c3ccccc3)o2)cc1. The molecular formula is C22H23N3O5. The van der Waals surface area contributed by atoms with E-state index in [9.17, 15) is 9.59 Å². The first-order valence-corrected chi connectivity index (χ1v) is 9.74. The van der Waals surface area contributed by atoms with Gasteiger partial charge < -0.3 is 13.9 Å². The van der Waals surface area contributed by atoms with Crippen LogP contribution in [0.4, 0.5) is 6.01 Å². The van der Waals surface area contributed by atoms with Gasteiger partial charge in [-0.25, -0.2) is 4.79 Å². The maximum Gasteiger partial charge on any atom is 0.338 e. The number of amides is 1. The summed E-state index contributed by atoms with van der Waals surface area (Å²) in [4.78, 5) is 24.1. The number of aromatic nitrogens is 2. The maximum absolute atomic E-state index is 12.1. The summed E-state index contributed by atoms with van der Waals surface area (Å²) in [5.41, 5.74) is 1.06. The van der Waals surface area contributed by atoms with Crippen LogP contribution in [0.1, 0.15) is 36.5 Å². The molecule has 0 spiro atoms. The van der Waals surface area contributed by atoms with Gasteiger partial charge in [-0.15, -0.1) is 5.10 Å². The predicted octanol–water partition coefficient (Wildman–Crippen LogP) is 4.10. The highest BCUT2D eigenvalue weighted by molar-refractivity contribution is 5.94. The van der Waals surface area contributed by atoms with Gasteiger partial charge in [0.15, 0.2) is 6.61 Å². The van der Waals surface area contributed by atoms with Crippen molar-refractivity contribution in [2.45, 2.75) is 26.2 Å². The molecule has 0 aliphatic rings. The number of rotatable bonds is 10. The number of nitrogens with one attached hydrogen (secondary N) is 1. The monoisotopic (exact) mass is 409 g/mol. The summed E-state index contributed by atoms with van der Waals surface area (Å²) in [6, 6.07) is 15.7. The Bertz CT molecular complexity index is 954. The lowest BCUT2D eigenvalue weighted by atomic mass is 10.2. The molecule has 0 bridgehead atoms. The standard InChI is InChI=1S/C22H23N3O5/c1-2-3-7-14-28-18-12-10-17(11-13-18)21(27)29-15-19(26)23-22-25-24-20(30-22)16-8-5-4-6-9-16/h4-6,8-13H,2-3,7,14-15H2,1H3,(H,23,25,26). The molecule has 1 heterocycles. The minimum absolute atomic E-state index is 0.0699. The Morgan fingerprint density at radius 1 is 1.00 bits per heavy atom. The lowest BCUT2D eigenvalue weighted by Crippen LogP contribution is -2.21. The molecule has 3 rings (SSSR count). The largest absolute Gasteiger partial charge is 0.494 e. The Hall–Kier alpha value is -3.68. The molecule has 156 valence electrons. The van der Waals surface area contributed by atoms with Crippen LogP contribution in [-0.2, 0) is 9.53 Å². The number of hydrogen-bond acceptors (Lipinski definition) is 7. The van der Waals surface area contributed by atoms with Crippen molar-refractivity contribution in [1.29, 1.82) is 0 Å². The van der Waals surface area contributed by atoms with Crippen molar-refractivity contribution in [3.8, 4) is 17.2 Å². The third kappa shape index (κ3) is 6.16. The summed E-state index contributed by atoms with van der Waals surface area (Å²) in [5.74, 6) is -0.230. The molecule has 3 aromatic rings. The van der Waals surface area contributed by atoms with E-state index in [1.165, 1.54) is 0 Å². The van der Waals surface area contributed by atoms with E-state index in [2.05, 4.69) is 22.4 Å². The fourth-order valence-corrected chi connectivity index (χ4v) is 2.57. The van der Waals surface area contributed by atoms with Crippen molar-refractivity contribution >= 4 is 17.9 Å². The van der Waals surface area contributed by atoms with Crippen molar-refractivity contribution in [2.24, 2.45) is 0 Å². The zero-order valence-corrected chi connectivity index (χ0v) is 16.7. The number of ether oxygens (including phenoxy) is 2. The van der Waals surface area contributed by atoms with Crippen molar-refractivity contribution in [3.63, 3.8) is 0 Å². The Labute approximate surface area is 174 Å². The van der Waals surface area contributed by atoms with Crippen LogP contribution in [0.2, 0.25) is 0 Å². The van der Waals surface area contributed by atoms with E-state index >= 15 is 0 Å². The fourth-order valence-electron chi connectivity index (χ4n) is 2.57. The predicted molar refractivity (Wildman–Crippen MR) is 110 cm³/mol. The Morgan fingerprint density at radius 3 is 2.50 bits per heavy atom. The molecule has 0 fully saturated rings. The molecule has 8 nitrogen and oxygen atoms in total. The van der Waals surface area contributed by atoms with Gasteiger partial charge in [0.2, 0.25) is 5.89 Å². The number of unbranched alkanes of at least 4 members (excludes halogenated alkanes) is 2. The Kier molecular flexibility index (Phi) is 7.54. The topological polar surface area (TPSA) is 104 Å². The summed E-state index contributed by atoms with van der Waals surface area (Å²) in [7, 11) is 0. The van der Waals surface area contributed by atoms with Gasteiger partial charge in [0, 0.05) is 5.56 Å². The maximum atomic E-state index is 12.1. The number of esters is 1. The molecule has 8 heteroatoms. The van der Waals surface area contributed by atoms with Crippen LogP contribution < -0.4 is 10.1 Å². The van der Waals surface area contributed by atoms with Crippen molar-refractivity contribution in [3.05, 3.63) is 60.2 Å². The number of nitrogens with zero attached hydrogens (tertiary/aromatic N) is 2. The van der Waals surface area contributed by atoms with Crippen molar-refractivity contribution in [2.75, 3.05) is 18.5 Å². The van der Waals surface area contributed by atoms with Crippen LogP contribution in [0.15, 0.2) is 59.0 Å². The van der Waals surface area contributed by atoms with E-state index in [1.807, 2.05) is 30.3 Å².